The first-order valence-corrected chi connectivity index (χ1v) is 25.5. The number of esters is 1. The van der Waals surface area contributed by atoms with Crippen LogP contribution in [-0.4, -0.2) is 138 Å². The number of ether oxygens (including phenoxy) is 1. The second-order valence-electron chi connectivity index (χ2n) is 16.4. The molecule has 368 valence electrons. The van der Waals surface area contributed by atoms with Crippen LogP contribution in [0.5, 0.6) is 0 Å². The minimum absolute atomic E-state index is 0.0575. The van der Waals surface area contributed by atoms with Gasteiger partial charge in [0.15, 0.2) is 5.78 Å². The molecule has 2 amide bonds. The highest BCUT2D eigenvalue weighted by molar-refractivity contribution is 7.93. The zero-order valence-corrected chi connectivity index (χ0v) is 40.8. The minimum Gasteiger partial charge on any atom is -0.465 e. The lowest BCUT2D eigenvalue weighted by Crippen LogP contribution is -2.47. The van der Waals surface area contributed by atoms with Gasteiger partial charge in [-0.3, -0.25) is 32.8 Å². The van der Waals surface area contributed by atoms with Crippen LogP contribution in [0.1, 0.15) is 70.7 Å². The van der Waals surface area contributed by atoms with Crippen LogP contribution in [0.4, 0.5) is 20.2 Å². The number of piperazine rings is 2. The summed E-state index contributed by atoms with van der Waals surface area (Å²) in [5.74, 6) is -2.51. The van der Waals surface area contributed by atoms with E-state index in [0.29, 0.717) is 50.6 Å². The molecule has 2 aliphatic heterocycles. The van der Waals surface area contributed by atoms with Crippen LogP contribution in [0, 0.1) is 11.6 Å². The van der Waals surface area contributed by atoms with E-state index in [-0.39, 0.29) is 71.0 Å². The second kappa shape index (κ2) is 24.0. The van der Waals surface area contributed by atoms with Crippen LogP contribution in [0.3, 0.4) is 0 Å². The number of hydrogen-bond donors (Lipinski definition) is 1. The molecule has 4 aromatic carbocycles. The van der Waals surface area contributed by atoms with Gasteiger partial charge in [0.1, 0.15) is 11.6 Å². The molecular formula is C48H61F2N7O9S2. The van der Waals surface area contributed by atoms with Gasteiger partial charge in [-0.05, 0) is 67.4 Å². The zero-order chi connectivity index (χ0) is 49.8. The Hall–Kier alpha value is -5.80. The first-order chi connectivity index (χ1) is 32.3. The van der Waals surface area contributed by atoms with Crippen molar-refractivity contribution in [3.63, 3.8) is 0 Å². The molecule has 4 aromatic rings. The van der Waals surface area contributed by atoms with E-state index in [2.05, 4.69) is 14.5 Å². The van der Waals surface area contributed by atoms with Gasteiger partial charge in [-0.25, -0.2) is 30.4 Å². The van der Waals surface area contributed by atoms with E-state index in [1.54, 1.807) is 38.1 Å². The highest BCUT2D eigenvalue weighted by Gasteiger charge is 2.26. The third-order valence-corrected chi connectivity index (χ3v) is 15.4. The molecule has 0 aliphatic carbocycles. The van der Waals surface area contributed by atoms with E-state index < -0.39 is 37.7 Å². The lowest BCUT2D eigenvalue weighted by Gasteiger charge is -2.34. The molecule has 20 heteroatoms. The molecule has 2 fully saturated rings. The number of methoxy groups -OCH3 is 1. The molecule has 0 radical (unpaired) electrons. The molecule has 2 aliphatic rings. The lowest BCUT2D eigenvalue weighted by molar-refractivity contribution is -0.131. The maximum Gasteiger partial charge on any atom is 0.337 e. The van der Waals surface area contributed by atoms with Crippen LogP contribution < -0.4 is 14.3 Å². The van der Waals surface area contributed by atoms with Crippen molar-refractivity contribution < 1.29 is 49.5 Å². The molecule has 2 saturated heterocycles. The fourth-order valence-electron chi connectivity index (χ4n) is 7.70. The Morgan fingerprint density at radius 3 is 1.28 bits per heavy atom. The smallest absolute Gasteiger partial charge is 0.337 e. The van der Waals surface area contributed by atoms with Crippen molar-refractivity contribution in [3.05, 3.63) is 130 Å². The Morgan fingerprint density at radius 2 is 0.956 bits per heavy atom. The summed E-state index contributed by atoms with van der Waals surface area (Å²) in [5.41, 5.74) is 8.77. The predicted octanol–water partition coefficient (Wildman–Crippen LogP) is 4.62. The molecule has 6 rings (SSSR count). The van der Waals surface area contributed by atoms with E-state index in [1.165, 1.54) is 53.8 Å². The highest BCUT2D eigenvalue weighted by Crippen LogP contribution is 2.26. The number of benzene rings is 4. The van der Waals surface area contributed by atoms with Crippen LogP contribution >= 0.6 is 0 Å². The largest absolute Gasteiger partial charge is 0.465 e. The number of carbonyl (C=O) groups is 4. The average Bonchev–Trinajstić information content (AvgIpc) is 3.33. The Labute approximate surface area is 398 Å². The summed E-state index contributed by atoms with van der Waals surface area (Å²) in [6.07, 6.45) is 0. The van der Waals surface area contributed by atoms with Gasteiger partial charge in [0.05, 0.1) is 55.2 Å². The zero-order valence-electron chi connectivity index (χ0n) is 39.2. The molecule has 2 heterocycles. The molecule has 0 spiro atoms. The van der Waals surface area contributed by atoms with Crippen LogP contribution in [0.15, 0.2) is 84.9 Å². The van der Waals surface area contributed by atoms with Gasteiger partial charge in [-0.15, -0.1) is 0 Å². The summed E-state index contributed by atoms with van der Waals surface area (Å²) in [4.78, 5) is 54.5. The van der Waals surface area contributed by atoms with Crippen molar-refractivity contribution in [2.75, 3.05) is 86.1 Å². The predicted molar refractivity (Wildman–Crippen MR) is 257 cm³/mol. The number of ketones is 1. The Bertz CT molecular complexity index is 2440. The number of nitrogens with zero attached hydrogens (tertiary/aromatic N) is 6. The molecule has 0 unspecified atom stereocenters. The molecule has 16 nitrogen and oxygen atoms in total. The van der Waals surface area contributed by atoms with E-state index in [1.807, 2.05) is 34.1 Å². The number of Topliss-reactive ketones (excluding diaryl/α,β-unsaturated/α-hetero) is 1. The number of carbonyl (C=O) groups excluding carboxylic acids is 4. The van der Waals surface area contributed by atoms with Crippen LogP contribution in [-0.2, 0) is 60.6 Å². The number of sulfonamides is 2. The topological polar surface area (TPSA) is 191 Å². The van der Waals surface area contributed by atoms with Crippen molar-refractivity contribution in [3.8, 4) is 0 Å². The van der Waals surface area contributed by atoms with Gasteiger partial charge in [0.2, 0.25) is 31.9 Å². The summed E-state index contributed by atoms with van der Waals surface area (Å²) in [5, 5.41) is 0. The van der Waals surface area contributed by atoms with E-state index in [9.17, 15) is 44.8 Å². The van der Waals surface area contributed by atoms with Gasteiger partial charge < -0.3 is 20.3 Å². The lowest BCUT2D eigenvalue weighted by atomic mass is 10.1. The van der Waals surface area contributed by atoms with Crippen molar-refractivity contribution in [1.29, 1.82) is 0 Å². The first kappa shape index (κ1) is 53.2. The summed E-state index contributed by atoms with van der Waals surface area (Å²) < 4.78 is 87.6. The van der Waals surface area contributed by atoms with E-state index in [4.69, 9.17) is 5.73 Å². The van der Waals surface area contributed by atoms with Crippen LogP contribution in [0.25, 0.3) is 0 Å². The summed E-state index contributed by atoms with van der Waals surface area (Å²) in [7, 11) is -6.16. The van der Waals surface area contributed by atoms with Crippen molar-refractivity contribution in [1.82, 2.24) is 19.6 Å². The average molecular weight is 982 g/mol. The second-order valence-corrected chi connectivity index (χ2v) is 20.8. The monoisotopic (exact) mass is 981 g/mol. The fourth-order valence-corrected chi connectivity index (χ4v) is 9.88. The van der Waals surface area contributed by atoms with Gasteiger partial charge in [-0.2, -0.15) is 0 Å². The molecule has 0 saturated carbocycles. The molecule has 0 bridgehead atoms. The maximum absolute atomic E-state index is 14.7. The third kappa shape index (κ3) is 14.1. The Morgan fingerprint density at radius 1 is 0.588 bits per heavy atom. The quantitative estimate of drug-likeness (QED) is 0.114. The Kier molecular flexibility index (Phi) is 18.7. The highest BCUT2D eigenvalue weighted by atomic mass is 32.2. The number of hydrogen-bond acceptors (Lipinski definition) is 12. The van der Waals surface area contributed by atoms with Gasteiger partial charge in [0, 0.05) is 96.0 Å². The SMILES string of the molecule is CCS(=O)(=O)N(Cc1ccc(C(=O)CN)cc1F)c1ccc(CN2CCN(C(C)=O)CC2)cc1.CCS(=O)(=O)N(Cc1ccc(C(=O)OC)cc1F)c1ccc(CN2CCN(C(C)=O)CC2)cc1. The van der Waals surface area contributed by atoms with Crippen LogP contribution in [0.2, 0.25) is 0 Å². The molecule has 2 N–H and O–H groups in total. The van der Waals surface area contributed by atoms with Crippen molar-refractivity contribution in [2.45, 2.75) is 53.9 Å². The number of nitrogens with two attached hydrogens (primary N) is 1. The number of halogens is 2. The van der Waals surface area contributed by atoms with E-state index >= 15 is 0 Å². The van der Waals surface area contributed by atoms with Crippen molar-refractivity contribution >= 4 is 55.0 Å². The molecule has 0 aromatic heterocycles. The van der Waals surface area contributed by atoms with Gasteiger partial charge in [-0.1, -0.05) is 42.5 Å². The standard InChI is InChI=1S/C24H31FN4O4S.C24H30FN3O5S/c1-3-34(32,33)29(17-21-7-6-20(14-23(21)25)24(31)15-26)22-8-4-19(5-9-22)16-27-10-12-28(13-11-27)18(2)30;1-4-34(31,32)28(17-21-8-7-20(15-23(21)25)24(30)33-3)22-9-5-19(6-10-22)16-26-11-13-27(14-12-26)18(2)29/h4-9,14H,3,10-13,15-17,26H2,1-2H3;5-10,15H,4,11-14,16-17H2,1-3H3. The molecule has 0 atom stereocenters. The normalized spacial score (nSPS) is 14.7. The van der Waals surface area contributed by atoms with Gasteiger partial charge in [0.25, 0.3) is 0 Å². The third-order valence-electron chi connectivity index (χ3n) is 12.0. The fraction of sp³-hybridized carbons (Fsp3) is 0.417. The van der Waals surface area contributed by atoms with Gasteiger partial charge >= 0.3 is 5.97 Å². The maximum atomic E-state index is 14.7. The summed E-state index contributed by atoms with van der Waals surface area (Å²) in [6, 6.07) is 22.2. The number of anilines is 2. The Balaban J connectivity index is 0.000000254. The summed E-state index contributed by atoms with van der Waals surface area (Å²) >= 11 is 0. The summed E-state index contributed by atoms with van der Waals surface area (Å²) in [6.45, 7) is 12.9. The first-order valence-electron chi connectivity index (χ1n) is 22.3. The number of amides is 2. The number of rotatable bonds is 17. The molecule has 68 heavy (non-hydrogen) atoms. The molecular weight excluding hydrogens is 921 g/mol. The minimum atomic E-state index is -3.69. The van der Waals surface area contributed by atoms with E-state index in [0.717, 1.165) is 49.4 Å². The van der Waals surface area contributed by atoms with Crippen molar-refractivity contribution in [2.24, 2.45) is 5.73 Å².